The Morgan fingerprint density at radius 1 is 0.377 bits per heavy atom. The number of H-pyrrole nitrogens is 1. The summed E-state index contributed by atoms with van der Waals surface area (Å²) in [5, 5.41) is 12.2. The van der Waals surface area contributed by atoms with Crippen molar-refractivity contribution in [2.45, 2.75) is 0 Å². The smallest absolute Gasteiger partial charge is 0.138 e. The summed E-state index contributed by atoms with van der Waals surface area (Å²) < 4.78 is 5.89. The summed E-state index contributed by atoms with van der Waals surface area (Å²) >= 11 is 7.12. The van der Waals surface area contributed by atoms with Gasteiger partial charge in [-0.15, -0.1) is 22.7 Å². The van der Waals surface area contributed by atoms with Crippen LogP contribution in [0.3, 0.4) is 0 Å². The van der Waals surface area contributed by atoms with Gasteiger partial charge in [0.2, 0.25) is 0 Å². The summed E-state index contributed by atoms with van der Waals surface area (Å²) in [5.74, 6) is 0.933. The summed E-state index contributed by atoms with van der Waals surface area (Å²) in [6, 6.07) is 80.5. The third-order valence-corrected chi connectivity index (χ3v) is 14.8. The van der Waals surface area contributed by atoms with Crippen molar-refractivity contribution in [3.05, 3.63) is 246 Å². The van der Waals surface area contributed by atoms with Crippen LogP contribution in [0.1, 0.15) is 0 Å². The summed E-state index contributed by atoms with van der Waals surface area (Å²) in [7, 11) is 0. The molecule has 6 aromatic heterocycles. The van der Waals surface area contributed by atoms with Crippen LogP contribution < -0.4 is 0 Å². The third kappa shape index (κ3) is 8.31. The maximum Gasteiger partial charge on any atom is 0.138 e. The summed E-state index contributed by atoms with van der Waals surface area (Å²) in [6.45, 7) is 0. The summed E-state index contributed by atoms with van der Waals surface area (Å²) in [5.41, 5.74) is 13.7. The number of hydrogen-bond acceptors (Lipinski definition) is 4. The van der Waals surface area contributed by atoms with Crippen molar-refractivity contribution in [3.63, 3.8) is 0 Å². The van der Waals surface area contributed by atoms with Crippen LogP contribution in [-0.4, -0.2) is 19.5 Å². The van der Waals surface area contributed by atoms with Crippen molar-refractivity contribution in [1.29, 1.82) is 0 Å². The van der Waals surface area contributed by atoms with E-state index in [1.54, 1.807) is 11.3 Å². The van der Waals surface area contributed by atoms with Gasteiger partial charge in [0.1, 0.15) is 10.4 Å². The topological polar surface area (TPSA) is 46.5 Å². The molecule has 4 nitrogen and oxygen atoms in total. The number of aromatic amines is 1. The molecule has 0 radical (unpaired) electrons. The second-order valence-electron chi connectivity index (χ2n) is 16.8. The highest BCUT2D eigenvalue weighted by Gasteiger charge is 2.18. The first-order valence-electron chi connectivity index (χ1n) is 22.8. The van der Waals surface area contributed by atoms with Gasteiger partial charge in [-0.3, -0.25) is 4.57 Å². The molecule has 0 saturated carbocycles. The lowest BCUT2D eigenvalue weighted by atomic mass is 10.0. The number of halogens is 1. The normalized spacial score (nSPS) is 11.3. The van der Waals surface area contributed by atoms with E-state index >= 15 is 0 Å². The number of fused-ring (bicyclic) bond motifs is 10. The second kappa shape index (κ2) is 18.6. The number of benzene rings is 8. The average molecular weight is 986 g/mol. The van der Waals surface area contributed by atoms with Gasteiger partial charge in [0.05, 0.1) is 22.4 Å². The van der Waals surface area contributed by atoms with Crippen LogP contribution in [0.5, 0.6) is 0 Å². The molecule has 0 aliphatic carbocycles. The molecule has 14 rings (SSSR count). The molecule has 8 aromatic carbocycles. The van der Waals surface area contributed by atoms with Crippen LogP contribution in [0.2, 0.25) is 0 Å². The second-order valence-corrected chi connectivity index (χ2v) is 19.4. The van der Waals surface area contributed by atoms with E-state index in [1.165, 1.54) is 80.5 Å². The van der Waals surface area contributed by atoms with Gasteiger partial charge in [0.15, 0.2) is 0 Å². The van der Waals surface area contributed by atoms with Gasteiger partial charge in [-0.25, -0.2) is 9.97 Å². The molecule has 0 spiro atoms. The number of hydrogen-bond donors (Lipinski definition) is 1. The Balaban J connectivity index is 0.000000118. The van der Waals surface area contributed by atoms with E-state index in [0.717, 1.165) is 38.5 Å². The minimum Gasteiger partial charge on any atom is -0.354 e. The average Bonchev–Trinajstić information content (AvgIpc) is 4.24. The fourth-order valence-corrected chi connectivity index (χ4v) is 11.7. The zero-order valence-corrected chi connectivity index (χ0v) is 40.3. The maximum absolute atomic E-state index is 5.21. The molecule has 0 unspecified atom stereocenters. The Morgan fingerprint density at radius 2 is 0.884 bits per heavy atom. The zero-order chi connectivity index (χ0) is 46.1. The molecule has 0 aliphatic rings. The van der Waals surface area contributed by atoms with Gasteiger partial charge in [-0.05, 0) is 120 Å². The van der Waals surface area contributed by atoms with Crippen molar-refractivity contribution in [2.24, 2.45) is 0 Å². The lowest BCUT2D eigenvalue weighted by molar-refractivity contribution is 1.08. The number of thiophene rings is 2. The Labute approximate surface area is 415 Å². The fraction of sp³-hybridized carbons (Fsp3) is 0. The largest absolute Gasteiger partial charge is 0.354 e. The Hall–Kier alpha value is -7.94. The molecule has 69 heavy (non-hydrogen) atoms. The Morgan fingerprint density at radius 3 is 1.52 bits per heavy atom. The molecule has 6 heterocycles. The van der Waals surface area contributed by atoms with Crippen molar-refractivity contribution in [1.82, 2.24) is 19.5 Å². The fourth-order valence-electron chi connectivity index (χ4n) is 9.32. The van der Waals surface area contributed by atoms with Crippen molar-refractivity contribution in [3.8, 4) is 50.6 Å². The van der Waals surface area contributed by atoms with Crippen LogP contribution in [0.4, 0.5) is 0 Å². The first-order chi connectivity index (χ1) is 34.1. The molecule has 328 valence electrons. The number of aromatic nitrogens is 4. The van der Waals surface area contributed by atoms with Gasteiger partial charge < -0.3 is 4.98 Å². The number of pyridine rings is 2. The quantitative estimate of drug-likeness (QED) is 0.175. The molecular formula is C62H41BrN4S2. The molecule has 0 atom stereocenters. The van der Waals surface area contributed by atoms with E-state index in [2.05, 4.69) is 223 Å². The van der Waals surface area contributed by atoms with Crippen LogP contribution in [-0.2, 0) is 0 Å². The molecule has 0 aliphatic heterocycles. The van der Waals surface area contributed by atoms with Crippen LogP contribution >= 0.6 is 38.6 Å². The van der Waals surface area contributed by atoms with Gasteiger partial charge in [0, 0.05) is 53.1 Å². The Kier molecular flexibility index (Phi) is 11.4. The first kappa shape index (κ1) is 42.4. The number of rotatable bonds is 5. The molecule has 0 saturated heterocycles. The molecular weight excluding hydrogens is 945 g/mol. The zero-order valence-electron chi connectivity index (χ0n) is 37.1. The van der Waals surface area contributed by atoms with E-state index in [9.17, 15) is 0 Å². The number of nitrogens with one attached hydrogen (secondary N) is 1. The molecule has 0 bridgehead atoms. The summed E-state index contributed by atoms with van der Waals surface area (Å²) in [4.78, 5) is 13.2. The van der Waals surface area contributed by atoms with Gasteiger partial charge in [0.25, 0.3) is 0 Å². The molecule has 7 heteroatoms. The monoisotopic (exact) mass is 984 g/mol. The van der Waals surface area contributed by atoms with Gasteiger partial charge in [-0.2, -0.15) is 0 Å². The molecule has 1 N–H and O–H groups in total. The third-order valence-electron chi connectivity index (χ3n) is 12.5. The molecule has 0 amide bonds. The van der Waals surface area contributed by atoms with Gasteiger partial charge in [-0.1, -0.05) is 170 Å². The minimum atomic E-state index is 0.854. The summed E-state index contributed by atoms with van der Waals surface area (Å²) in [6.07, 6.45) is 0. The van der Waals surface area contributed by atoms with Crippen molar-refractivity contribution < 1.29 is 0 Å². The predicted molar refractivity (Wildman–Crippen MR) is 299 cm³/mol. The van der Waals surface area contributed by atoms with Crippen LogP contribution in [0, 0.1) is 0 Å². The first-order valence-corrected chi connectivity index (χ1v) is 25.4. The molecule has 0 fully saturated rings. The van der Waals surface area contributed by atoms with E-state index in [0.29, 0.717) is 0 Å². The maximum atomic E-state index is 5.21. The van der Waals surface area contributed by atoms with Crippen molar-refractivity contribution in [2.75, 3.05) is 0 Å². The number of para-hydroxylation sites is 2. The van der Waals surface area contributed by atoms with E-state index in [1.807, 2.05) is 59.9 Å². The van der Waals surface area contributed by atoms with E-state index < -0.39 is 0 Å². The molecule has 14 aromatic rings. The Bertz CT molecular complexity index is 3970. The van der Waals surface area contributed by atoms with Crippen molar-refractivity contribution >= 4 is 102 Å². The predicted octanol–water partition coefficient (Wildman–Crippen LogP) is 18.4. The van der Waals surface area contributed by atoms with E-state index in [-0.39, 0.29) is 0 Å². The lowest BCUT2D eigenvalue weighted by Gasteiger charge is -2.13. The lowest BCUT2D eigenvalue weighted by Crippen LogP contribution is -2.00. The highest BCUT2D eigenvalue weighted by atomic mass is 79.9. The highest BCUT2D eigenvalue weighted by molar-refractivity contribution is 9.10. The standard InChI is InChI=1S/C31H20N2S.C17H12BrN.C14H9NS/c1-3-9-21(10-4-1)24-19-26(22-11-5-2-6-12-22)32-29(20-24)33-27-14-8-7-13-25(27)30-28(33)16-15-23-17-18-34-31(23)30;18-17-12-15(13-7-3-1-4-8-13)11-16(19-17)14-9-5-2-6-10-14;1-2-4-11-10(3-1)13-12(15-11)6-5-9-7-8-16-14(9)13/h1-20H;1-12H;1-8,15H. The van der Waals surface area contributed by atoms with Gasteiger partial charge >= 0.3 is 0 Å². The highest BCUT2D eigenvalue weighted by Crippen LogP contribution is 2.40. The van der Waals surface area contributed by atoms with Crippen LogP contribution in [0.15, 0.2) is 246 Å². The van der Waals surface area contributed by atoms with E-state index in [4.69, 9.17) is 4.98 Å². The number of nitrogens with zero attached hydrogens (tertiary/aromatic N) is 3. The van der Waals surface area contributed by atoms with Crippen LogP contribution in [0.25, 0.3) is 114 Å². The SMILES string of the molecule is Brc1cc(-c2ccccc2)cc(-c2ccccc2)n1.c1ccc(-c2cc(-c3ccccc3)nc(-n3c4ccccc4c4c5sccc5ccc43)c2)cc1.c1ccc2c(c1)[nH]c1ccc3ccsc3c12. The minimum absolute atomic E-state index is 0.854.